The molecule has 1 aromatic rings. The first-order valence-corrected chi connectivity index (χ1v) is 10.8. The van der Waals surface area contributed by atoms with E-state index in [0.717, 1.165) is 50.9 Å². The van der Waals surface area contributed by atoms with Crippen LogP contribution in [0.5, 0.6) is 5.75 Å². The monoisotopic (exact) mass is 398 g/mol. The van der Waals surface area contributed by atoms with Gasteiger partial charge >= 0.3 is 0 Å². The molecule has 1 atom stereocenters. The van der Waals surface area contributed by atoms with Gasteiger partial charge < -0.3 is 19.3 Å². The molecule has 1 aliphatic carbocycles. The van der Waals surface area contributed by atoms with Crippen molar-refractivity contribution in [3.8, 4) is 5.75 Å². The molecule has 6 heteroatoms. The van der Waals surface area contributed by atoms with Gasteiger partial charge in [-0.15, -0.1) is 0 Å². The fraction of sp³-hybridized carbons (Fsp3) is 0.565. The molecule has 0 spiro atoms. The smallest absolute Gasteiger partial charge is 0.254 e. The van der Waals surface area contributed by atoms with E-state index in [4.69, 9.17) is 9.47 Å². The van der Waals surface area contributed by atoms with Crippen LogP contribution in [0.2, 0.25) is 0 Å². The summed E-state index contributed by atoms with van der Waals surface area (Å²) in [6, 6.07) is 7.45. The van der Waals surface area contributed by atoms with E-state index < -0.39 is 0 Å². The summed E-state index contributed by atoms with van der Waals surface area (Å²) in [5.74, 6) is 1.21. The summed E-state index contributed by atoms with van der Waals surface area (Å²) in [5.41, 5.74) is 0.655. The Morgan fingerprint density at radius 1 is 0.966 bits per heavy atom. The van der Waals surface area contributed by atoms with Gasteiger partial charge in [0.05, 0.1) is 13.2 Å². The van der Waals surface area contributed by atoms with Gasteiger partial charge in [0, 0.05) is 50.5 Å². The molecule has 0 saturated carbocycles. The molecule has 0 bridgehead atoms. The number of hydrogen-bond acceptors (Lipinski definition) is 4. The van der Waals surface area contributed by atoms with Gasteiger partial charge in [-0.3, -0.25) is 9.59 Å². The first kappa shape index (κ1) is 20.0. The Morgan fingerprint density at radius 2 is 1.76 bits per heavy atom. The highest BCUT2D eigenvalue weighted by Gasteiger charge is 2.29. The van der Waals surface area contributed by atoms with Crippen molar-refractivity contribution in [1.82, 2.24) is 9.80 Å². The van der Waals surface area contributed by atoms with Crippen LogP contribution in [-0.4, -0.2) is 67.1 Å². The predicted molar refractivity (Wildman–Crippen MR) is 110 cm³/mol. The van der Waals surface area contributed by atoms with E-state index in [0.29, 0.717) is 37.8 Å². The molecule has 2 heterocycles. The lowest BCUT2D eigenvalue weighted by Gasteiger charge is -2.34. The number of morpholine rings is 1. The molecule has 0 aromatic heterocycles. The molecular formula is C23H30N2O4. The lowest BCUT2D eigenvalue weighted by Crippen LogP contribution is -2.44. The molecule has 2 amide bonds. The van der Waals surface area contributed by atoms with Crippen molar-refractivity contribution in [3.63, 3.8) is 0 Å². The molecule has 0 N–H and O–H groups in total. The second-order valence-corrected chi connectivity index (χ2v) is 8.06. The third-order valence-electron chi connectivity index (χ3n) is 6.05. The molecule has 2 fully saturated rings. The summed E-state index contributed by atoms with van der Waals surface area (Å²) in [6.45, 7) is 3.94. The number of ether oxygens (including phenoxy) is 2. The zero-order chi connectivity index (χ0) is 20.1. The predicted octanol–water partition coefficient (Wildman–Crippen LogP) is 2.89. The van der Waals surface area contributed by atoms with Crippen molar-refractivity contribution >= 4 is 11.8 Å². The number of hydrogen-bond donors (Lipinski definition) is 0. The Kier molecular flexibility index (Phi) is 6.49. The number of piperidine rings is 1. The topological polar surface area (TPSA) is 59.1 Å². The second kappa shape index (κ2) is 9.44. The zero-order valence-corrected chi connectivity index (χ0v) is 16.9. The molecule has 2 saturated heterocycles. The molecule has 6 nitrogen and oxygen atoms in total. The summed E-state index contributed by atoms with van der Waals surface area (Å²) < 4.78 is 11.5. The van der Waals surface area contributed by atoms with Gasteiger partial charge in [-0.2, -0.15) is 0 Å². The van der Waals surface area contributed by atoms with Crippen molar-refractivity contribution in [2.24, 2.45) is 5.92 Å². The highest BCUT2D eigenvalue weighted by atomic mass is 16.5. The number of nitrogens with zero attached hydrogens (tertiary/aromatic N) is 2. The fourth-order valence-corrected chi connectivity index (χ4v) is 4.31. The Morgan fingerprint density at radius 3 is 2.48 bits per heavy atom. The third kappa shape index (κ3) is 4.99. The second-order valence-electron chi connectivity index (χ2n) is 8.06. The minimum Gasteiger partial charge on any atom is -0.490 e. The van der Waals surface area contributed by atoms with Crippen LogP contribution in [0.4, 0.5) is 0 Å². The van der Waals surface area contributed by atoms with E-state index >= 15 is 0 Å². The standard InChI is InChI=1S/C23H30N2O4/c26-22(18-5-2-1-3-6-18)24-11-9-20(10-12-24)29-21-8-4-7-19(17-21)23(27)25-13-15-28-16-14-25/h1-2,4,7-8,17-18,20H,3,5-6,9-16H2. The summed E-state index contributed by atoms with van der Waals surface area (Å²) >= 11 is 0. The van der Waals surface area contributed by atoms with Crippen LogP contribution in [0.1, 0.15) is 42.5 Å². The number of rotatable bonds is 4. The van der Waals surface area contributed by atoms with Crippen molar-refractivity contribution in [2.75, 3.05) is 39.4 Å². The van der Waals surface area contributed by atoms with Gasteiger partial charge in [-0.05, 0) is 37.5 Å². The average molecular weight is 399 g/mol. The minimum atomic E-state index is 0.0284. The summed E-state index contributed by atoms with van der Waals surface area (Å²) in [5, 5.41) is 0. The van der Waals surface area contributed by atoms with Gasteiger partial charge in [-0.1, -0.05) is 18.2 Å². The van der Waals surface area contributed by atoms with Gasteiger partial charge in [0.15, 0.2) is 0 Å². The van der Waals surface area contributed by atoms with Crippen LogP contribution in [0.15, 0.2) is 36.4 Å². The molecule has 0 radical (unpaired) electrons. The quantitative estimate of drug-likeness (QED) is 0.732. The summed E-state index contributed by atoms with van der Waals surface area (Å²) in [4.78, 5) is 29.2. The normalized spacial score (nSPS) is 23.1. The molecule has 3 aliphatic rings. The van der Waals surface area contributed by atoms with E-state index in [9.17, 15) is 9.59 Å². The van der Waals surface area contributed by atoms with E-state index in [2.05, 4.69) is 12.2 Å². The molecule has 1 aromatic carbocycles. The Hall–Kier alpha value is -2.34. The fourth-order valence-electron chi connectivity index (χ4n) is 4.31. The lowest BCUT2D eigenvalue weighted by atomic mass is 9.92. The van der Waals surface area contributed by atoms with Gasteiger partial charge in [0.1, 0.15) is 11.9 Å². The van der Waals surface area contributed by atoms with Gasteiger partial charge in [-0.25, -0.2) is 0 Å². The largest absolute Gasteiger partial charge is 0.490 e. The number of likely N-dealkylation sites (tertiary alicyclic amines) is 1. The number of carbonyl (C=O) groups excluding carboxylic acids is 2. The number of amides is 2. The van der Waals surface area contributed by atoms with Crippen molar-refractivity contribution < 1.29 is 19.1 Å². The number of carbonyl (C=O) groups is 2. The van der Waals surface area contributed by atoms with Crippen LogP contribution in [0.3, 0.4) is 0 Å². The third-order valence-corrected chi connectivity index (χ3v) is 6.05. The molecule has 1 unspecified atom stereocenters. The maximum atomic E-state index is 12.7. The maximum absolute atomic E-state index is 12.7. The molecule has 2 aliphatic heterocycles. The highest BCUT2D eigenvalue weighted by Crippen LogP contribution is 2.25. The summed E-state index contributed by atoms with van der Waals surface area (Å²) in [6.07, 6.45) is 8.89. The first-order chi connectivity index (χ1) is 14.2. The zero-order valence-electron chi connectivity index (χ0n) is 16.9. The number of allylic oxidation sites excluding steroid dienone is 2. The van der Waals surface area contributed by atoms with E-state index in [-0.39, 0.29) is 17.9 Å². The molecule has 4 rings (SSSR count). The highest BCUT2D eigenvalue weighted by molar-refractivity contribution is 5.94. The van der Waals surface area contributed by atoms with Crippen molar-refractivity contribution in [2.45, 2.75) is 38.2 Å². The Bertz CT molecular complexity index is 749. The summed E-state index contributed by atoms with van der Waals surface area (Å²) in [7, 11) is 0. The van der Waals surface area contributed by atoms with Gasteiger partial charge in [0.25, 0.3) is 5.91 Å². The van der Waals surface area contributed by atoms with E-state index in [1.165, 1.54) is 0 Å². The lowest BCUT2D eigenvalue weighted by molar-refractivity contribution is -0.137. The molecular weight excluding hydrogens is 368 g/mol. The van der Waals surface area contributed by atoms with E-state index in [1.54, 1.807) is 0 Å². The van der Waals surface area contributed by atoms with Crippen LogP contribution < -0.4 is 4.74 Å². The Labute approximate surface area is 172 Å². The maximum Gasteiger partial charge on any atom is 0.254 e. The average Bonchev–Trinajstić information content (AvgIpc) is 2.80. The Balaban J connectivity index is 1.29. The van der Waals surface area contributed by atoms with Crippen LogP contribution >= 0.6 is 0 Å². The van der Waals surface area contributed by atoms with Crippen LogP contribution in [-0.2, 0) is 9.53 Å². The van der Waals surface area contributed by atoms with Crippen molar-refractivity contribution in [3.05, 3.63) is 42.0 Å². The van der Waals surface area contributed by atoms with Crippen LogP contribution in [0, 0.1) is 5.92 Å². The van der Waals surface area contributed by atoms with Gasteiger partial charge in [0.2, 0.25) is 5.91 Å². The molecule has 29 heavy (non-hydrogen) atoms. The minimum absolute atomic E-state index is 0.0284. The number of benzene rings is 1. The van der Waals surface area contributed by atoms with Crippen LogP contribution in [0.25, 0.3) is 0 Å². The first-order valence-electron chi connectivity index (χ1n) is 10.8. The van der Waals surface area contributed by atoms with E-state index in [1.807, 2.05) is 34.1 Å². The van der Waals surface area contributed by atoms with Crippen molar-refractivity contribution in [1.29, 1.82) is 0 Å². The molecule has 156 valence electrons. The SMILES string of the molecule is O=C(c1cccc(OC2CCN(C(=O)C3CC=CCC3)CC2)c1)N1CCOCC1.